The Labute approximate surface area is 138 Å². The minimum absolute atomic E-state index is 0.0253. The summed E-state index contributed by atoms with van der Waals surface area (Å²) in [6, 6.07) is 4.34. The first-order valence-corrected chi connectivity index (χ1v) is 7.71. The third-order valence-electron chi connectivity index (χ3n) is 4.00. The average Bonchev–Trinajstić information content (AvgIpc) is 2.89. The molecule has 0 heterocycles. The van der Waals surface area contributed by atoms with E-state index in [1.165, 1.54) is 19.2 Å². The van der Waals surface area contributed by atoms with Crippen LogP contribution in [0.4, 0.5) is 18.9 Å². The van der Waals surface area contributed by atoms with E-state index >= 15 is 0 Å². The quantitative estimate of drug-likeness (QED) is 0.830. The molecule has 1 amide bonds. The van der Waals surface area contributed by atoms with Gasteiger partial charge in [-0.2, -0.15) is 13.2 Å². The van der Waals surface area contributed by atoms with Crippen LogP contribution in [0.5, 0.6) is 11.5 Å². The van der Waals surface area contributed by atoms with E-state index in [9.17, 15) is 18.0 Å². The van der Waals surface area contributed by atoms with Gasteiger partial charge in [-0.05, 0) is 30.9 Å². The molecule has 0 unspecified atom stereocenters. The zero-order chi connectivity index (χ0) is 17.7. The van der Waals surface area contributed by atoms with Crippen LogP contribution in [0, 0.1) is 5.92 Å². The molecule has 134 valence electrons. The average molecular weight is 346 g/mol. The summed E-state index contributed by atoms with van der Waals surface area (Å²) < 4.78 is 46.6. The Morgan fingerprint density at radius 3 is 2.67 bits per heavy atom. The van der Waals surface area contributed by atoms with E-state index < -0.39 is 12.8 Å². The summed E-state index contributed by atoms with van der Waals surface area (Å²) in [6.45, 7) is -1.43. The number of alkyl halides is 3. The van der Waals surface area contributed by atoms with E-state index in [0.29, 0.717) is 12.1 Å². The van der Waals surface area contributed by atoms with E-state index in [1.807, 2.05) is 0 Å². The Kier molecular flexibility index (Phi) is 5.93. The second-order valence-electron chi connectivity index (χ2n) is 5.88. The van der Waals surface area contributed by atoms with Crippen LogP contribution < -0.4 is 20.5 Å². The van der Waals surface area contributed by atoms with E-state index in [4.69, 9.17) is 15.2 Å². The number of carbonyl (C=O) groups excluding carboxylic acids is 1. The molecule has 2 atom stereocenters. The Hall–Kier alpha value is -1.96. The summed E-state index contributed by atoms with van der Waals surface area (Å²) in [7, 11) is 1.33. The SMILES string of the molecule is COc1ccc(NC(=O)C[C@@H]2CCC[C@H]2N)cc1OCC(F)(F)F. The zero-order valence-electron chi connectivity index (χ0n) is 13.4. The van der Waals surface area contributed by atoms with Crippen LogP contribution >= 0.6 is 0 Å². The monoisotopic (exact) mass is 346 g/mol. The maximum atomic E-state index is 12.3. The summed E-state index contributed by atoms with van der Waals surface area (Å²) in [5.41, 5.74) is 6.29. The van der Waals surface area contributed by atoms with Gasteiger partial charge in [0.05, 0.1) is 7.11 Å². The molecule has 5 nitrogen and oxygen atoms in total. The van der Waals surface area contributed by atoms with Gasteiger partial charge >= 0.3 is 6.18 Å². The zero-order valence-corrected chi connectivity index (χ0v) is 13.4. The molecule has 1 fully saturated rings. The third kappa shape index (κ3) is 5.30. The van der Waals surface area contributed by atoms with Gasteiger partial charge in [-0.1, -0.05) is 6.42 Å². The predicted molar refractivity (Wildman–Crippen MR) is 83.1 cm³/mol. The van der Waals surface area contributed by atoms with E-state index in [0.717, 1.165) is 19.3 Å². The largest absolute Gasteiger partial charge is 0.493 e. The number of methoxy groups -OCH3 is 1. The van der Waals surface area contributed by atoms with Gasteiger partial charge in [0.1, 0.15) is 0 Å². The molecule has 3 N–H and O–H groups in total. The maximum Gasteiger partial charge on any atom is 0.422 e. The standard InChI is InChI=1S/C16H21F3N2O3/c1-23-13-6-5-11(8-14(13)24-9-16(17,18)19)21-15(22)7-10-3-2-4-12(10)20/h5-6,8,10,12H,2-4,7,9,20H2,1H3,(H,21,22)/t10-,12+/m0/s1. The molecule has 8 heteroatoms. The van der Waals surface area contributed by atoms with Crippen molar-refractivity contribution < 1.29 is 27.4 Å². The molecule has 0 spiro atoms. The number of hydrogen-bond acceptors (Lipinski definition) is 4. The molecule has 0 aromatic heterocycles. The van der Waals surface area contributed by atoms with Gasteiger partial charge in [0.25, 0.3) is 0 Å². The van der Waals surface area contributed by atoms with Crippen LogP contribution in [0.3, 0.4) is 0 Å². The van der Waals surface area contributed by atoms with Crippen molar-refractivity contribution in [1.82, 2.24) is 0 Å². The lowest BCUT2D eigenvalue weighted by atomic mass is 10.00. The summed E-state index contributed by atoms with van der Waals surface area (Å²) in [5, 5.41) is 2.67. The molecule has 24 heavy (non-hydrogen) atoms. The maximum absolute atomic E-state index is 12.3. The number of nitrogens with one attached hydrogen (secondary N) is 1. The fraction of sp³-hybridized carbons (Fsp3) is 0.562. The number of carbonyl (C=O) groups is 1. The molecular weight excluding hydrogens is 325 g/mol. The van der Waals surface area contributed by atoms with Crippen LogP contribution in [-0.2, 0) is 4.79 Å². The Bertz CT molecular complexity index is 578. The lowest BCUT2D eigenvalue weighted by Crippen LogP contribution is -2.28. The first kappa shape index (κ1) is 18.4. The van der Waals surface area contributed by atoms with Gasteiger partial charge in [0.2, 0.25) is 5.91 Å². The third-order valence-corrected chi connectivity index (χ3v) is 4.00. The van der Waals surface area contributed by atoms with Crippen molar-refractivity contribution in [3.05, 3.63) is 18.2 Å². The van der Waals surface area contributed by atoms with E-state index in [-0.39, 0.29) is 29.4 Å². The minimum atomic E-state index is -4.46. The van der Waals surface area contributed by atoms with Gasteiger partial charge in [0, 0.05) is 24.2 Å². The van der Waals surface area contributed by atoms with Gasteiger partial charge < -0.3 is 20.5 Å². The summed E-state index contributed by atoms with van der Waals surface area (Å²) >= 11 is 0. The number of rotatable bonds is 6. The fourth-order valence-corrected chi connectivity index (χ4v) is 2.80. The van der Waals surface area contributed by atoms with E-state index in [2.05, 4.69) is 5.32 Å². The van der Waals surface area contributed by atoms with Gasteiger partial charge in [0.15, 0.2) is 18.1 Å². The highest BCUT2D eigenvalue weighted by atomic mass is 19.4. The normalized spacial score (nSPS) is 20.7. The molecule has 2 rings (SSSR count). The van der Waals surface area contributed by atoms with Crippen LogP contribution in [0.1, 0.15) is 25.7 Å². The number of halogens is 3. The first-order valence-electron chi connectivity index (χ1n) is 7.71. The molecule has 1 aliphatic carbocycles. The molecule has 1 aromatic carbocycles. The van der Waals surface area contributed by atoms with E-state index in [1.54, 1.807) is 6.07 Å². The van der Waals surface area contributed by atoms with Crippen LogP contribution in [-0.4, -0.2) is 31.8 Å². The van der Waals surface area contributed by atoms with Crippen LogP contribution in [0.2, 0.25) is 0 Å². The molecule has 1 saturated carbocycles. The number of benzene rings is 1. The van der Waals surface area contributed by atoms with Crippen LogP contribution in [0.15, 0.2) is 18.2 Å². The minimum Gasteiger partial charge on any atom is -0.493 e. The first-order chi connectivity index (χ1) is 11.3. The van der Waals surface area contributed by atoms with Crippen molar-refractivity contribution in [3.8, 4) is 11.5 Å². The number of amides is 1. The van der Waals surface area contributed by atoms with Crippen molar-refractivity contribution in [2.24, 2.45) is 11.7 Å². The smallest absolute Gasteiger partial charge is 0.422 e. The number of nitrogens with two attached hydrogens (primary N) is 1. The molecular formula is C16H21F3N2O3. The second kappa shape index (κ2) is 7.74. The fourth-order valence-electron chi connectivity index (χ4n) is 2.80. The van der Waals surface area contributed by atoms with Crippen molar-refractivity contribution in [2.75, 3.05) is 19.0 Å². The highest BCUT2D eigenvalue weighted by molar-refractivity contribution is 5.91. The Balaban J connectivity index is 2.00. The van der Waals surface area contributed by atoms with Crippen molar-refractivity contribution in [2.45, 2.75) is 37.9 Å². The number of hydrogen-bond donors (Lipinski definition) is 2. The highest BCUT2D eigenvalue weighted by Gasteiger charge is 2.29. The van der Waals surface area contributed by atoms with Gasteiger partial charge in [-0.15, -0.1) is 0 Å². The molecule has 0 radical (unpaired) electrons. The molecule has 0 bridgehead atoms. The summed E-state index contributed by atoms with van der Waals surface area (Å²) in [5.74, 6) is 0.00810. The Morgan fingerprint density at radius 2 is 2.08 bits per heavy atom. The lowest BCUT2D eigenvalue weighted by molar-refractivity contribution is -0.153. The number of anilines is 1. The number of ether oxygens (including phenoxy) is 2. The van der Waals surface area contributed by atoms with Gasteiger partial charge in [-0.25, -0.2) is 0 Å². The molecule has 1 aliphatic rings. The second-order valence-corrected chi connectivity index (χ2v) is 5.88. The van der Waals surface area contributed by atoms with Gasteiger partial charge in [-0.3, -0.25) is 4.79 Å². The lowest BCUT2D eigenvalue weighted by Gasteiger charge is -2.16. The van der Waals surface area contributed by atoms with Crippen LogP contribution in [0.25, 0.3) is 0 Å². The summed E-state index contributed by atoms with van der Waals surface area (Å²) in [6.07, 6.45) is -1.32. The molecule has 1 aromatic rings. The Morgan fingerprint density at radius 1 is 1.33 bits per heavy atom. The molecule has 0 aliphatic heterocycles. The highest BCUT2D eigenvalue weighted by Crippen LogP contribution is 2.32. The van der Waals surface area contributed by atoms with Crippen molar-refractivity contribution >= 4 is 11.6 Å². The van der Waals surface area contributed by atoms with Crippen molar-refractivity contribution in [1.29, 1.82) is 0 Å². The summed E-state index contributed by atoms with van der Waals surface area (Å²) in [4.78, 5) is 12.1. The predicted octanol–water partition coefficient (Wildman–Crippen LogP) is 3.09. The molecule has 0 saturated heterocycles. The topological polar surface area (TPSA) is 73.6 Å². The van der Waals surface area contributed by atoms with Crippen molar-refractivity contribution in [3.63, 3.8) is 0 Å².